The lowest BCUT2D eigenvalue weighted by molar-refractivity contribution is -0.235. The maximum atomic E-state index is 13.2. The van der Waals surface area contributed by atoms with E-state index in [0.717, 1.165) is 6.42 Å². The zero-order valence-electron chi connectivity index (χ0n) is 11.7. The summed E-state index contributed by atoms with van der Waals surface area (Å²) in [6.07, 6.45) is -0.917. The van der Waals surface area contributed by atoms with Gasteiger partial charge in [-0.2, -0.15) is 13.2 Å². The summed E-state index contributed by atoms with van der Waals surface area (Å²) in [6.45, 7) is 0.275. The minimum Gasteiger partial charge on any atom is -0.335 e. The summed E-state index contributed by atoms with van der Waals surface area (Å²) in [5, 5.41) is 3.94. The van der Waals surface area contributed by atoms with Crippen LogP contribution in [-0.4, -0.2) is 44.8 Å². The molecule has 0 aromatic carbocycles. The number of hydrogen-bond donors (Lipinski definition) is 0. The van der Waals surface area contributed by atoms with Gasteiger partial charge in [0.15, 0.2) is 0 Å². The number of carbonyl (C=O) groups is 1. The van der Waals surface area contributed by atoms with Gasteiger partial charge in [0.1, 0.15) is 6.33 Å². The zero-order chi connectivity index (χ0) is 15.3. The molecule has 0 radical (unpaired) electrons. The minimum absolute atomic E-state index is 0.0257. The number of alkyl halides is 3. The highest BCUT2D eigenvalue weighted by Gasteiger charge is 2.58. The summed E-state index contributed by atoms with van der Waals surface area (Å²) >= 11 is 0. The minimum atomic E-state index is -4.18. The fourth-order valence-electron chi connectivity index (χ4n) is 3.56. The van der Waals surface area contributed by atoms with E-state index >= 15 is 0 Å². The van der Waals surface area contributed by atoms with Gasteiger partial charge in [0, 0.05) is 20.1 Å². The van der Waals surface area contributed by atoms with Gasteiger partial charge < -0.3 is 4.90 Å². The third-order valence-corrected chi connectivity index (χ3v) is 4.76. The van der Waals surface area contributed by atoms with E-state index in [9.17, 15) is 18.0 Å². The fraction of sp³-hybridized carbons (Fsp3) is 0.769. The van der Waals surface area contributed by atoms with Crippen LogP contribution in [0.1, 0.15) is 36.3 Å². The standard InChI is InChI=1S/C13H17F3N4O/c1-19-8-17-10(18-19)11(21)20-6-3-9(13(14,15)16)12(7-20)4-2-5-12/h8-9H,2-7H2,1H3/t9-/m0/s1. The number of rotatable bonds is 1. The molecule has 1 saturated carbocycles. The maximum Gasteiger partial charge on any atom is 0.392 e. The molecule has 0 N–H and O–H groups in total. The molecule has 2 aliphatic rings. The summed E-state index contributed by atoms with van der Waals surface area (Å²) in [5.41, 5.74) is -0.791. The summed E-state index contributed by atoms with van der Waals surface area (Å²) in [7, 11) is 1.65. The van der Waals surface area contributed by atoms with E-state index in [0.29, 0.717) is 12.8 Å². The summed E-state index contributed by atoms with van der Waals surface area (Å²) in [4.78, 5) is 17.7. The number of piperidine rings is 1. The first-order valence-electron chi connectivity index (χ1n) is 7.03. The van der Waals surface area contributed by atoms with Crippen LogP contribution in [0.15, 0.2) is 6.33 Å². The Balaban J connectivity index is 1.78. The van der Waals surface area contributed by atoms with E-state index in [2.05, 4.69) is 10.1 Å². The van der Waals surface area contributed by atoms with Crippen molar-refractivity contribution in [3.63, 3.8) is 0 Å². The molecule has 8 heteroatoms. The molecule has 1 aromatic rings. The van der Waals surface area contributed by atoms with Gasteiger partial charge in [-0.05, 0) is 24.7 Å². The molecular weight excluding hydrogens is 285 g/mol. The quantitative estimate of drug-likeness (QED) is 0.797. The van der Waals surface area contributed by atoms with Crippen LogP contribution >= 0.6 is 0 Å². The van der Waals surface area contributed by atoms with Crippen LogP contribution in [-0.2, 0) is 7.05 Å². The Kier molecular flexibility index (Phi) is 3.22. The van der Waals surface area contributed by atoms with Crippen LogP contribution in [0.3, 0.4) is 0 Å². The second-order valence-corrected chi connectivity index (χ2v) is 6.07. The topological polar surface area (TPSA) is 51.0 Å². The van der Waals surface area contributed by atoms with Gasteiger partial charge in [-0.25, -0.2) is 4.98 Å². The second kappa shape index (κ2) is 4.71. The Labute approximate surface area is 120 Å². The van der Waals surface area contributed by atoms with E-state index in [1.807, 2.05) is 0 Å². The first-order valence-corrected chi connectivity index (χ1v) is 7.03. The Morgan fingerprint density at radius 1 is 1.43 bits per heavy atom. The lowest BCUT2D eigenvalue weighted by Crippen LogP contribution is -2.57. The molecule has 1 spiro atoms. The number of halogens is 3. The van der Waals surface area contributed by atoms with Crippen LogP contribution in [0.25, 0.3) is 0 Å². The number of aromatic nitrogens is 3. The first-order chi connectivity index (χ1) is 9.82. The van der Waals surface area contributed by atoms with Crippen molar-refractivity contribution in [1.82, 2.24) is 19.7 Å². The van der Waals surface area contributed by atoms with Crippen LogP contribution in [0.5, 0.6) is 0 Å². The molecule has 116 valence electrons. The predicted molar refractivity (Wildman–Crippen MR) is 67.4 cm³/mol. The van der Waals surface area contributed by atoms with E-state index in [4.69, 9.17) is 0 Å². The predicted octanol–water partition coefficient (Wildman–Crippen LogP) is 2.01. The Morgan fingerprint density at radius 3 is 2.62 bits per heavy atom. The molecule has 1 atom stereocenters. The van der Waals surface area contributed by atoms with Gasteiger partial charge >= 0.3 is 6.18 Å². The first kappa shape index (κ1) is 14.3. The van der Waals surface area contributed by atoms with Gasteiger partial charge in [-0.15, -0.1) is 5.10 Å². The highest BCUT2D eigenvalue weighted by atomic mass is 19.4. The largest absolute Gasteiger partial charge is 0.392 e. The van der Waals surface area contributed by atoms with E-state index in [-0.39, 0.29) is 31.2 Å². The number of hydrogen-bond acceptors (Lipinski definition) is 3. The maximum absolute atomic E-state index is 13.2. The second-order valence-electron chi connectivity index (χ2n) is 6.07. The molecule has 3 rings (SSSR count). The molecular formula is C13H17F3N4O. The average molecular weight is 302 g/mol. The Bertz CT molecular complexity index is 550. The lowest BCUT2D eigenvalue weighted by Gasteiger charge is -2.53. The molecule has 1 saturated heterocycles. The van der Waals surface area contributed by atoms with Crippen molar-refractivity contribution in [3.05, 3.63) is 12.2 Å². The Hall–Kier alpha value is -1.60. The van der Waals surface area contributed by atoms with Crippen molar-refractivity contribution < 1.29 is 18.0 Å². The third-order valence-electron chi connectivity index (χ3n) is 4.76. The van der Waals surface area contributed by atoms with Crippen molar-refractivity contribution in [2.24, 2.45) is 18.4 Å². The van der Waals surface area contributed by atoms with Gasteiger partial charge in [0.2, 0.25) is 5.82 Å². The van der Waals surface area contributed by atoms with Crippen LogP contribution < -0.4 is 0 Å². The smallest absolute Gasteiger partial charge is 0.335 e. The zero-order valence-corrected chi connectivity index (χ0v) is 11.7. The third kappa shape index (κ3) is 2.40. The molecule has 0 bridgehead atoms. The molecule has 1 aromatic heterocycles. The Morgan fingerprint density at radius 2 is 2.14 bits per heavy atom. The van der Waals surface area contributed by atoms with Crippen LogP contribution in [0, 0.1) is 11.3 Å². The molecule has 21 heavy (non-hydrogen) atoms. The highest BCUT2D eigenvalue weighted by Crippen LogP contribution is 2.56. The van der Waals surface area contributed by atoms with Crippen LogP contribution in [0.4, 0.5) is 13.2 Å². The lowest BCUT2D eigenvalue weighted by atomic mass is 9.58. The van der Waals surface area contributed by atoms with E-state index in [1.165, 1.54) is 15.9 Å². The average Bonchev–Trinajstić information content (AvgIpc) is 2.81. The van der Waals surface area contributed by atoms with Gasteiger partial charge in [0.25, 0.3) is 5.91 Å². The van der Waals surface area contributed by atoms with Crippen molar-refractivity contribution in [2.75, 3.05) is 13.1 Å². The fourth-order valence-corrected chi connectivity index (χ4v) is 3.56. The normalized spacial score (nSPS) is 25.0. The molecule has 1 aliphatic carbocycles. The van der Waals surface area contributed by atoms with Gasteiger partial charge in [-0.1, -0.05) is 6.42 Å². The highest BCUT2D eigenvalue weighted by molar-refractivity contribution is 5.90. The van der Waals surface area contributed by atoms with Crippen molar-refractivity contribution >= 4 is 5.91 Å². The van der Waals surface area contributed by atoms with E-state index in [1.54, 1.807) is 7.05 Å². The SMILES string of the molecule is Cn1cnc(C(=O)N2CC[C@H](C(F)(F)F)C3(CCC3)C2)n1. The number of nitrogens with zero attached hydrogens (tertiary/aromatic N) is 4. The summed E-state index contributed by atoms with van der Waals surface area (Å²) in [5.74, 6) is -1.61. The number of amides is 1. The molecule has 0 unspecified atom stereocenters. The summed E-state index contributed by atoms with van der Waals surface area (Å²) in [6, 6.07) is 0. The number of likely N-dealkylation sites (tertiary alicyclic amines) is 1. The molecule has 1 amide bonds. The van der Waals surface area contributed by atoms with Gasteiger partial charge in [-0.3, -0.25) is 9.48 Å². The van der Waals surface area contributed by atoms with Gasteiger partial charge in [0.05, 0.1) is 5.92 Å². The molecule has 1 aliphatic heterocycles. The van der Waals surface area contributed by atoms with Crippen LogP contribution in [0.2, 0.25) is 0 Å². The summed E-state index contributed by atoms with van der Waals surface area (Å²) < 4.78 is 41.0. The number of aryl methyl sites for hydroxylation is 1. The monoisotopic (exact) mass is 302 g/mol. The van der Waals surface area contributed by atoms with Crippen molar-refractivity contribution in [2.45, 2.75) is 31.9 Å². The molecule has 2 fully saturated rings. The van der Waals surface area contributed by atoms with E-state index < -0.39 is 17.5 Å². The van der Waals surface area contributed by atoms with Crippen molar-refractivity contribution in [1.29, 1.82) is 0 Å². The number of carbonyl (C=O) groups excluding carboxylic acids is 1. The molecule has 2 heterocycles. The molecule has 5 nitrogen and oxygen atoms in total. The van der Waals surface area contributed by atoms with Crippen molar-refractivity contribution in [3.8, 4) is 0 Å².